The van der Waals surface area contributed by atoms with Crippen LogP contribution in [0.15, 0.2) is 17.4 Å². The Morgan fingerprint density at radius 2 is 2.00 bits per heavy atom. The first-order chi connectivity index (χ1) is 10.8. The number of hydrogen-bond acceptors (Lipinski definition) is 7. The highest BCUT2D eigenvalue weighted by Crippen LogP contribution is 2.14. The standard InChI is InChI=1S/C14H22N6O3/c1-14(2,3)23-13(21)20-8-6-19(7-9-20)12-16-5-4-10(17-12)11(15)18-22/h4-5,22H,6-9H2,1-3H3,(H2,15,18). The summed E-state index contributed by atoms with van der Waals surface area (Å²) in [7, 11) is 0. The van der Waals surface area contributed by atoms with E-state index in [2.05, 4.69) is 15.1 Å². The summed E-state index contributed by atoms with van der Waals surface area (Å²) in [6.45, 7) is 7.73. The van der Waals surface area contributed by atoms with Gasteiger partial charge in [-0.05, 0) is 26.8 Å². The number of piperazine rings is 1. The Balaban J connectivity index is 1.98. The first-order valence-electron chi connectivity index (χ1n) is 7.34. The van der Waals surface area contributed by atoms with Crippen LogP contribution in [0.1, 0.15) is 26.5 Å². The SMILES string of the molecule is CC(C)(C)OC(=O)N1CCN(c2nccc(/C(N)=N/O)n2)CC1. The molecular weight excluding hydrogens is 300 g/mol. The van der Waals surface area contributed by atoms with Gasteiger partial charge in [0.1, 0.15) is 11.3 Å². The van der Waals surface area contributed by atoms with Gasteiger partial charge in [0.05, 0.1) is 0 Å². The largest absolute Gasteiger partial charge is 0.444 e. The summed E-state index contributed by atoms with van der Waals surface area (Å²) in [6, 6.07) is 1.56. The number of oxime groups is 1. The lowest BCUT2D eigenvalue weighted by molar-refractivity contribution is 0.0240. The summed E-state index contributed by atoms with van der Waals surface area (Å²) < 4.78 is 5.36. The maximum atomic E-state index is 12.0. The molecule has 0 aromatic carbocycles. The van der Waals surface area contributed by atoms with Crippen LogP contribution in [0.2, 0.25) is 0 Å². The molecule has 23 heavy (non-hydrogen) atoms. The van der Waals surface area contributed by atoms with Gasteiger partial charge in [-0.3, -0.25) is 0 Å². The van der Waals surface area contributed by atoms with Crippen molar-refractivity contribution < 1.29 is 14.7 Å². The van der Waals surface area contributed by atoms with Crippen LogP contribution >= 0.6 is 0 Å². The van der Waals surface area contributed by atoms with Crippen LogP contribution in [-0.4, -0.2) is 63.8 Å². The predicted octanol–water partition coefficient (Wildman–Crippen LogP) is 0.628. The third kappa shape index (κ3) is 4.44. The van der Waals surface area contributed by atoms with Crippen molar-refractivity contribution in [2.24, 2.45) is 10.9 Å². The highest BCUT2D eigenvalue weighted by Gasteiger charge is 2.26. The third-order valence-corrected chi connectivity index (χ3v) is 3.23. The molecular formula is C14H22N6O3. The van der Waals surface area contributed by atoms with Crippen LogP contribution in [0.5, 0.6) is 0 Å². The number of carbonyl (C=O) groups is 1. The Kier molecular flexibility index (Phi) is 4.87. The molecule has 2 rings (SSSR count). The average molecular weight is 322 g/mol. The van der Waals surface area contributed by atoms with E-state index in [-0.39, 0.29) is 11.9 Å². The maximum absolute atomic E-state index is 12.0. The Morgan fingerprint density at radius 3 is 2.57 bits per heavy atom. The molecule has 9 heteroatoms. The normalized spacial score (nSPS) is 16.4. The number of anilines is 1. The predicted molar refractivity (Wildman–Crippen MR) is 84.6 cm³/mol. The molecule has 3 N–H and O–H groups in total. The number of carbonyl (C=O) groups excluding carboxylic acids is 1. The molecule has 0 atom stereocenters. The summed E-state index contributed by atoms with van der Waals surface area (Å²) in [5, 5.41) is 11.6. The van der Waals surface area contributed by atoms with Crippen molar-refractivity contribution in [2.45, 2.75) is 26.4 Å². The van der Waals surface area contributed by atoms with Crippen LogP contribution < -0.4 is 10.6 Å². The molecule has 2 heterocycles. The molecule has 1 aliphatic heterocycles. The van der Waals surface area contributed by atoms with Crippen molar-refractivity contribution in [1.82, 2.24) is 14.9 Å². The van der Waals surface area contributed by atoms with E-state index in [4.69, 9.17) is 15.7 Å². The van der Waals surface area contributed by atoms with Gasteiger partial charge in [0.2, 0.25) is 5.95 Å². The third-order valence-electron chi connectivity index (χ3n) is 3.23. The quantitative estimate of drug-likeness (QED) is 0.355. The van der Waals surface area contributed by atoms with Crippen molar-refractivity contribution in [2.75, 3.05) is 31.1 Å². The molecule has 0 aliphatic carbocycles. The smallest absolute Gasteiger partial charge is 0.410 e. The van der Waals surface area contributed by atoms with Gasteiger partial charge >= 0.3 is 6.09 Å². The van der Waals surface area contributed by atoms with E-state index in [9.17, 15) is 4.79 Å². The maximum Gasteiger partial charge on any atom is 0.410 e. The van der Waals surface area contributed by atoms with E-state index in [1.54, 1.807) is 17.2 Å². The van der Waals surface area contributed by atoms with Crippen LogP contribution in [0.3, 0.4) is 0 Å². The number of aromatic nitrogens is 2. The minimum Gasteiger partial charge on any atom is -0.444 e. The van der Waals surface area contributed by atoms with Crippen LogP contribution in [0.25, 0.3) is 0 Å². The lowest BCUT2D eigenvalue weighted by Crippen LogP contribution is -2.50. The van der Waals surface area contributed by atoms with E-state index < -0.39 is 5.60 Å². The van der Waals surface area contributed by atoms with E-state index in [0.29, 0.717) is 37.8 Å². The molecule has 1 saturated heterocycles. The summed E-state index contributed by atoms with van der Waals surface area (Å²) in [5.74, 6) is 0.416. The fourth-order valence-electron chi connectivity index (χ4n) is 2.11. The first-order valence-corrected chi connectivity index (χ1v) is 7.34. The van der Waals surface area contributed by atoms with E-state index in [0.717, 1.165) is 0 Å². The van der Waals surface area contributed by atoms with E-state index in [1.165, 1.54) is 0 Å². The van der Waals surface area contributed by atoms with Gasteiger partial charge < -0.3 is 25.5 Å². The Bertz CT molecular complexity index is 590. The monoisotopic (exact) mass is 322 g/mol. The molecule has 0 spiro atoms. The van der Waals surface area contributed by atoms with Crippen LogP contribution in [0, 0.1) is 0 Å². The lowest BCUT2D eigenvalue weighted by atomic mass is 10.2. The molecule has 126 valence electrons. The van der Waals surface area contributed by atoms with Gasteiger partial charge in [0.25, 0.3) is 0 Å². The fourth-order valence-corrected chi connectivity index (χ4v) is 2.11. The highest BCUT2D eigenvalue weighted by molar-refractivity contribution is 5.95. The zero-order valence-corrected chi connectivity index (χ0v) is 13.6. The molecule has 0 bridgehead atoms. The molecule has 1 aromatic rings. The van der Waals surface area contributed by atoms with Crippen molar-refractivity contribution in [1.29, 1.82) is 0 Å². The highest BCUT2D eigenvalue weighted by atomic mass is 16.6. The minimum absolute atomic E-state index is 0.0685. The van der Waals surface area contributed by atoms with Gasteiger partial charge in [0, 0.05) is 32.4 Å². The summed E-state index contributed by atoms with van der Waals surface area (Å²) in [4.78, 5) is 24.1. The molecule has 0 saturated carbocycles. The molecule has 0 radical (unpaired) electrons. The summed E-state index contributed by atoms with van der Waals surface area (Å²) in [6.07, 6.45) is 1.24. The number of rotatable bonds is 2. The summed E-state index contributed by atoms with van der Waals surface area (Å²) >= 11 is 0. The van der Waals surface area contributed by atoms with Gasteiger partial charge in [0.15, 0.2) is 5.84 Å². The Morgan fingerprint density at radius 1 is 1.35 bits per heavy atom. The first kappa shape index (κ1) is 16.8. The van der Waals surface area contributed by atoms with Gasteiger partial charge in [-0.2, -0.15) is 0 Å². The molecule has 0 unspecified atom stereocenters. The van der Waals surface area contributed by atoms with Crippen LogP contribution in [0.4, 0.5) is 10.7 Å². The van der Waals surface area contributed by atoms with Crippen molar-refractivity contribution in [3.05, 3.63) is 18.0 Å². The number of nitrogens with zero attached hydrogens (tertiary/aromatic N) is 5. The second-order valence-corrected chi connectivity index (χ2v) is 6.18. The molecule has 1 aliphatic rings. The Labute approximate surface area is 134 Å². The fraction of sp³-hybridized carbons (Fsp3) is 0.571. The van der Waals surface area contributed by atoms with Crippen molar-refractivity contribution in [3.63, 3.8) is 0 Å². The van der Waals surface area contributed by atoms with Crippen molar-refractivity contribution in [3.8, 4) is 0 Å². The number of nitrogens with two attached hydrogens (primary N) is 1. The van der Waals surface area contributed by atoms with Gasteiger partial charge in [-0.1, -0.05) is 5.16 Å². The Hall–Kier alpha value is -2.58. The van der Waals surface area contributed by atoms with E-state index >= 15 is 0 Å². The molecule has 9 nitrogen and oxygen atoms in total. The number of hydrogen-bond donors (Lipinski definition) is 2. The molecule has 1 aromatic heterocycles. The average Bonchev–Trinajstić information content (AvgIpc) is 2.53. The van der Waals surface area contributed by atoms with Crippen molar-refractivity contribution >= 4 is 17.9 Å². The molecule has 1 amide bonds. The van der Waals surface area contributed by atoms with Gasteiger partial charge in [-0.15, -0.1) is 0 Å². The zero-order chi connectivity index (χ0) is 17.0. The second-order valence-electron chi connectivity index (χ2n) is 6.18. The second kappa shape index (κ2) is 6.67. The van der Waals surface area contributed by atoms with Gasteiger partial charge in [-0.25, -0.2) is 14.8 Å². The lowest BCUT2D eigenvalue weighted by Gasteiger charge is -2.35. The molecule has 1 fully saturated rings. The van der Waals surface area contributed by atoms with E-state index in [1.807, 2.05) is 25.7 Å². The number of amidine groups is 1. The topological polar surface area (TPSA) is 117 Å². The number of ether oxygens (including phenoxy) is 1. The minimum atomic E-state index is -0.507. The number of amides is 1. The zero-order valence-electron chi connectivity index (χ0n) is 13.6. The summed E-state index contributed by atoms with van der Waals surface area (Å²) in [5.41, 5.74) is 5.38. The van der Waals surface area contributed by atoms with Crippen LogP contribution in [-0.2, 0) is 4.74 Å².